The number of carbonyl (C=O) groups excluding carboxylic acids is 2. The number of nitrogens with zero attached hydrogens (tertiary/aromatic N) is 1. The summed E-state index contributed by atoms with van der Waals surface area (Å²) in [6.07, 6.45) is 0.212. The molecule has 0 aliphatic rings. The number of amides is 2. The second-order valence-corrected chi connectivity index (χ2v) is 8.18. The van der Waals surface area contributed by atoms with E-state index in [9.17, 15) is 9.59 Å². The van der Waals surface area contributed by atoms with Crippen molar-refractivity contribution in [3.63, 3.8) is 0 Å². The smallest absolute Gasteiger partial charge is 0.411 e. The van der Waals surface area contributed by atoms with E-state index >= 15 is 0 Å². The molecule has 0 radical (unpaired) electrons. The summed E-state index contributed by atoms with van der Waals surface area (Å²) in [7, 11) is 0. The molecule has 0 saturated heterocycles. The Kier molecular flexibility index (Phi) is 6.78. The van der Waals surface area contributed by atoms with Crippen molar-refractivity contribution in [2.45, 2.75) is 20.3 Å². The van der Waals surface area contributed by atoms with Crippen LogP contribution in [0.3, 0.4) is 0 Å². The first-order valence-corrected chi connectivity index (χ1v) is 10.6. The molecule has 0 aliphatic carbocycles. The number of thiophene rings is 1. The summed E-state index contributed by atoms with van der Waals surface area (Å²) in [5, 5.41) is 8.62. The molecule has 0 aliphatic heterocycles. The number of nitrogens with one attached hydrogen (secondary N) is 2. The predicted octanol–water partition coefficient (Wildman–Crippen LogP) is 4.72. The van der Waals surface area contributed by atoms with Crippen molar-refractivity contribution < 1.29 is 14.3 Å². The van der Waals surface area contributed by atoms with E-state index in [4.69, 9.17) is 4.74 Å². The Morgan fingerprint density at radius 1 is 1.21 bits per heavy atom. The Bertz CT molecular complexity index is 965. The molecule has 2 N–H and O–H groups in total. The minimum absolute atomic E-state index is 0.181. The summed E-state index contributed by atoms with van der Waals surface area (Å²) in [4.78, 5) is 30.7. The average Bonchev–Trinajstić information content (AvgIpc) is 3.31. The molecule has 0 unspecified atom stereocenters. The fourth-order valence-corrected chi connectivity index (χ4v) is 4.21. The lowest BCUT2D eigenvalue weighted by Crippen LogP contribution is -2.25. The van der Waals surface area contributed by atoms with Crippen LogP contribution >= 0.6 is 22.7 Å². The Balaban J connectivity index is 1.52. The van der Waals surface area contributed by atoms with Gasteiger partial charge in [-0.1, -0.05) is 6.07 Å². The number of ether oxygens (including phenoxy) is 1. The number of aryl methyl sites for hydroxylation is 1. The zero-order chi connectivity index (χ0) is 19.9. The van der Waals surface area contributed by atoms with Gasteiger partial charge in [0.1, 0.15) is 0 Å². The van der Waals surface area contributed by atoms with E-state index in [1.54, 1.807) is 53.9 Å². The van der Waals surface area contributed by atoms with Crippen LogP contribution in [0.5, 0.6) is 0 Å². The molecule has 2 heterocycles. The van der Waals surface area contributed by atoms with Gasteiger partial charge in [0.05, 0.1) is 22.2 Å². The summed E-state index contributed by atoms with van der Waals surface area (Å²) in [6.45, 7) is 4.55. The predicted molar refractivity (Wildman–Crippen MR) is 113 cm³/mol. The van der Waals surface area contributed by atoms with E-state index in [1.807, 2.05) is 6.92 Å². The van der Waals surface area contributed by atoms with Crippen molar-refractivity contribution in [1.29, 1.82) is 0 Å². The maximum Gasteiger partial charge on any atom is 0.411 e. The molecule has 3 rings (SSSR count). The van der Waals surface area contributed by atoms with Crippen molar-refractivity contribution in [3.05, 3.63) is 57.2 Å². The molecule has 2 amide bonds. The standard InChI is InChI=1S/C20H21N3O3S2/c1-3-26-20(25)23-15-6-4-5-14(11-15)19(24)21-10-9-16-7-8-18(28-16)17-12-27-13(2)22-17/h4-8,11-12H,3,9-10H2,1-2H3,(H,21,24)(H,23,25). The van der Waals surface area contributed by atoms with Gasteiger partial charge in [0.2, 0.25) is 0 Å². The molecule has 1 aromatic carbocycles. The number of hydrogen-bond acceptors (Lipinski definition) is 6. The van der Waals surface area contributed by atoms with Crippen molar-refractivity contribution >= 4 is 40.4 Å². The summed E-state index contributed by atoms with van der Waals surface area (Å²) in [5.41, 5.74) is 2.01. The normalized spacial score (nSPS) is 10.5. The fraction of sp³-hybridized carbons (Fsp3) is 0.250. The van der Waals surface area contributed by atoms with Crippen LogP contribution < -0.4 is 10.6 Å². The molecular formula is C20H21N3O3S2. The average molecular weight is 416 g/mol. The number of carbonyl (C=O) groups is 2. The fourth-order valence-electron chi connectivity index (χ4n) is 2.55. The van der Waals surface area contributed by atoms with Crippen LogP contribution in [0, 0.1) is 6.92 Å². The Labute approximate surface area is 171 Å². The van der Waals surface area contributed by atoms with Crippen molar-refractivity contribution in [1.82, 2.24) is 10.3 Å². The quantitative estimate of drug-likeness (QED) is 0.585. The molecule has 0 atom stereocenters. The third-order valence-corrected chi connectivity index (χ3v) is 5.78. The largest absolute Gasteiger partial charge is 0.450 e. The van der Waals surface area contributed by atoms with Gasteiger partial charge >= 0.3 is 6.09 Å². The number of anilines is 1. The Morgan fingerprint density at radius 3 is 2.82 bits per heavy atom. The van der Waals surface area contributed by atoms with Crippen LogP contribution in [-0.2, 0) is 11.2 Å². The number of aromatic nitrogens is 1. The second kappa shape index (κ2) is 9.48. The van der Waals surface area contributed by atoms with Gasteiger partial charge in [0.15, 0.2) is 0 Å². The highest BCUT2D eigenvalue weighted by Gasteiger charge is 2.09. The van der Waals surface area contributed by atoms with E-state index in [2.05, 4.69) is 33.1 Å². The molecule has 6 nitrogen and oxygen atoms in total. The van der Waals surface area contributed by atoms with Crippen LogP contribution in [0.15, 0.2) is 41.8 Å². The van der Waals surface area contributed by atoms with Crippen LogP contribution in [0.2, 0.25) is 0 Å². The molecular weight excluding hydrogens is 394 g/mol. The molecule has 28 heavy (non-hydrogen) atoms. The summed E-state index contributed by atoms with van der Waals surface area (Å²) < 4.78 is 4.84. The third-order valence-electron chi connectivity index (χ3n) is 3.84. The van der Waals surface area contributed by atoms with E-state index in [0.717, 1.165) is 22.0 Å². The van der Waals surface area contributed by atoms with Crippen molar-refractivity contribution in [3.8, 4) is 10.6 Å². The lowest BCUT2D eigenvalue weighted by Gasteiger charge is -2.08. The number of rotatable bonds is 7. The first-order chi connectivity index (χ1) is 13.5. The van der Waals surface area contributed by atoms with E-state index in [-0.39, 0.29) is 5.91 Å². The SMILES string of the molecule is CCOC(=O)Nc1cccc(C(=O)NCCc2ccc(-c3csc(C)n3)s2)c1. The number of hydrogen-bond donors (Lipinski definition) is 2. The summed E-state index contributed by atoms with van der Waals surface area (Å²) in [6, 6.07) is 10.9. The zero-order valence-corrected chi connectivity index (χ0v) is 17.3. The monoisotopic (exact) mass is 415 g/mol. The Morgan fingerprint density at radius 2 is 2.07 bits per heavy atom. The summed E-state index contributed by atoms with van der Waals surface area (Å²) in [5.74, 6) is -0.181. The number of benzene rings is 1. The molecule has 0 bridgehead atoms. The van der Waals surface area contributed by atoms with Gasteiger partial charge in [-0.25, -0.2) is 9.78 Å². The van der Waals surface area contributed by atoms with Gasteiger partial charge in [-0.05, 0) is 50.6 Å². The molecule has 8 heteroatoms. The highest BCUT2D eigenvalue weighted by atomic mass is 32.1. The Hall–Kier alpha value is -2.71. The third kappa shape index (κ3) is 5.40. The molecule has 146 valence electrons. The minimum atomic E-state index is -0.538. The minimum Gasteiger partial charge on any atom is -0.450 e. The lowest BCUT2D eigenvalue weighted by atomic mass is 10.2. The number of thiazole rings is 1. The van der Waals surface area contributed by atoms with Gasteiger partial charge in [0, 0.05) is 28.1 Å². The van der Waals surface area contributed by atoms with Gasteiger partial charge in [0.25, 0.3) is 5.91 Å². The van der Waals surface area contributed by atoms with Crippen LogP contribution in [0.25, 0.3) is 10.6 Å². The van der Waals surface area contributed by atoms with E-state index < -0.39 is 6.09 Å². The first kappa shape index (κ1) is 20.0. The van der Waals surface area contributed by atoms with E-state index in [1.165, 1.54) is 4.88 Å². The van der Waals surface area contributed by atoms with Crippen LogP contribution in [0.1, 0.15) is 27.2 Å². The van der Waals surface area contributed by atoms with Gasteiger partial charge in [-0.2, -0.15) is 0 Å². The molecule has 2 aromatic heterocycles. The maximum atomic E-state index is 12.4. The van der Waals surface area contributed by atoms with Crippen molar-refractivity contribution in [2.75, 3.05) is 18.5 Å². The van der Waals surface area contributed by atoms with Gasteiger partial charge in [-0.3, -0.25) is 10.1 Å². The highest BCUT2D eigenvalue weighted by Crippen LogP contribution is 2.29. The first-order valence-electron chi connectivity index (χ1n) is 8.88. The van der Waals surface area contributed by atoms with Gasteiger partial charge < -0.3 is 10.1 Å². The molecule has 0 fully saturated rings. The second-order valence-electron chi connectivity index (χ2n) is 5.95. The lowest BCUT2D eigenvalue weighted by molar-refractivity contribution is 0.0954. The van der Waals surface area contributed by atoms with Crippen LogP contribution in [0.4, 0.5) is 10.5 Å². The maximum absolute atomic E-state index is 12.4. The molecule has 3 aromatic rings. The highest BCUT2D eigenvalue weighted by molar-refractivity contribution is 7.16. The summed E-state index contributed by atoms with van der Waals surface area (Å²) >= 11 is 3.33. The van der Waals surface area contributed by atoms with E-state index in [0.29, 0.717) is 24.4 Å². The zero-order valence-electron chi connectivity index (χ0n) is 15.7. The van der Waals surface area contributed by atoms with Gasteiger partial charge in [-0.15, -0.1) is 22.7 Å². The van der Waals surface area contributed by atoms with Crippen LogP contribution in [-0.4, -0.2) is 30.1 Å². The molecule has 0 saturated carbocycles. The molecule has 0 spiro atoms. The van der Waals surface area contributed by atoms with Crippen molar-refractivity contribution in [2.24, 2.45) is 0 Å². The topological polar surface area (TPSA) is 80.3 Å².